The molecule has 0 bridgehead atoms. The predicted octanol–water partition coefficient (Wildman–Crippen LogP) is 5.92. The van der Waals surface area contributed by atoms with E-state index in [0.29, 0.717) is 30.4 Å². The van der Waals surface area contributed by atoms with E-state index in [1.807, 2.05) is 30.1 Å². The minimum Gasteiger partial charge on any atom is -0.263 e. The van der Waals surface area contributed by atoms with Gasteiger partial charge in [0.15, 0.2) is 0 Å². The Labute approximate surface area is 195 Å². The topological polar surface area (TPSA) is 44.7 Å². The number of anilines is 1. The number of piperidine rings is 1. The number of hydrazone groups is 1. The number of hydrogen-bond acceptors (Lipinski definition) is 4. The largest absolute Gasteiger partial charge is 0.312 e. The quantitative estimate of drug-likeness (QED) is 0.545. The molecule has 2 aromatic rings. The fraction of sp³-hybridized carbons (Fsp3) is 0.429. The number of halogens is 3. The molecule has 0 saturated carbocycles. The van der Waals surface area contributed by atoms with Crippen LogP contribution in [-0.2, 0) is 4.79 Å². The van der Waals surface area contributed by atoms with E-state index in [2.05, 4.69) is 12.5 Å². The van der Waals surface area contributed by atoms with Gasteiger partial charge in [0, 0.05) is 15.8 Å². The number of carbonyl (C=O) groups is 1. The molecular formula is C21H24Cl3N4OS+. The third-order valence-corrected chi connectivity index (χ3v) is 7.67. The molecule has 4 rings (SSSR count). The van der Waals surface area contributed by atoms with Gasteiger partial charge in [0.2, 0.25) is 0 Å². The van der Waals surface area contributed by atoms with Gasteiger partial charge in [-0.25, -0.2) is 4.59 Å². The summed E-state index contributed by atoms with van der Waals surface area (Å²) >= 11 is 20.3. The zero-order chi connectivity index (χ0) is 21.5. The van der Waals surface area contributed by atoms with Gasteiger partial charge < -0.3 is 0 Å². The molecule has 0 spiro atoms. The highest BCUT2D eigenvalue weighted by Gasteiger charge is 2.42. The Balaban J connectivity index is 1.69. The van der Waals surface area contributed by atoms with Crippen molar-refractivity contribution in [2.45, 2.75) is 32.2 Å². The van der Waals surface area contributed by atoms with Crippen LogP contribution in [0.3, 0.4) is 0 Å². The molecule has 1 amide bonds. The predicted molar refractivity (Wildman–Crippen MR) is 126 cm³/mol. The van der Waals surface area contributed by atoms with Crippen LogP contribution in [0.4, 0.5) is 5.69 Å². The van der Waals surface area contributed by atoms with E-state index < -0.39 is 0 Å². The van der Waals surface area contributed by atoms with E-state index in [-0.39, 0.29) is 17.9 Å². The molecule has 0 unspecified atom stereocenters. The molecule has 1 fully saturated rings. The van der Waals surface area contributed by atoms with Crippen molar-refractivity contribution in [1.82, 2.24) is 5.43 Å². The second-order valence-electron chi connectivity index (χ2n) is 8.15. The number of likely N-dealkylation sites (tertiary alicyclic amines) is 1. The minimum atomic E-state index is -0.173. The lowest BCUT2D eigenvalue weighted by molar-refractivity contribution is -0.947. The number of thiophene rings is 1. The first-order valence-corrected chi connectivity index (χ1v) is 12.0. The maximum Gasteiger partial charge on any atom is 0.312 e. The van der Waals surface area contributed by atoms with Crippen LogP contribution in [0.1, 0.15) is 37.1 Å². The van der Waals surface area contributed by atoms with Gasteiger partial charge in [0.1, 0.15) is 18.8 Å². The SMILES string of the molecule is C[C@H]1C(C(=O)N[N+]2(C)CCCCC2)=NN(c2ccc(Cl)cc2Cl)[C@H]1c1ccc(Cl)s1. The maximum absolute atomic E-state index is 13.3. The summed E-state index contributed by atoms with van der Waals surface area (Å²) in [5, 5.41) is 7.63. The highest BCUT2D eigenvalue weighted by Crippen LogP contribution is 2.44. The lowest BCUT2D eigenvalue weighted by Crippen LogP contribution is -2.61. The number of hydrogen-bond donors (Lipinski definition) is 1. The van der Waals surface area contributed by atoms with E-state index >= 15 is 0 Å². The Bertz CT molecular complexity index is 986. The van der Waals surface area contributed by atoms with Crippen molar-refractivity contribution in [2.24, 2.45) is 11.0 Å². The first kappa shape index (κ1) is 21.9. The number of nitrogens with zero attached hydrogens (tertiary/aromatic N) is 3. The van der Waals surface area contributed by atoms with Crippen molar-refractivity contribution >= 4 is 63.4 Å². The Morgan fingerprint density at radius 3 is 2.53 bits per heavy atom. The van der Waals surface area contributed by atoms with Gasteiger partial charge in [-0.1, -0.05) is 41.7 Å². The number of carbonyl (C=O) groups excluding carboxylic acids is 1. The molecule has 1 saturated heterocycles. The molecule has 2 atom stereocenters. The number of nitrogens with one attached hydrogen (secondary N) is 1. The van der Waals surface area contributed by atoms with Gasteiger partial charge in [-0.15, -0.1) is 11.3 Å². The first-order valence-electron chi connectivity index (χ1n) is 10.0. The van der Waals surface area contributed by atoms with Gasteiger partial charge in [0.25, 0.3) is 0 Å². The fourth-order valence-electron chi connectivity index (χ4n) is 4.23. The lowest BCUT2D eigenvalue weighted by atomic mass is 9.95. The summed E-state index contributed by atoms with van der Waals surface area (Å²) in [5.41, 5.74) is 4.42. The van der Waals surface area contributed by atoms with Crippen molar-refractivity contribution < 1.29 is 9.39 Å². The molecule has 1 N–H and O–H groups in total. The standard InChI is InChI=1S/C21H23Cl3N4OS/c1-13-19(21(29)26-28(2)10-4-3-5-11-28)25-27(16-7-6-14(22)12-15(16)23)20(13)17-8-9-18(24)30-17/h6-9,12-13,20H,3-5,10-11H2,1-2H3/p+1/t13-,20+/m0/s1. The van der Waals surface area contributed by atoms with Gasteiger partial charge in [-0.2, -0.15) is 10.5 Å². The van der Waals surface area contributed by atoms with E-state index in [1.54, 1.807) is 12.1 Å². The average Bonchev–Trinajstić information content (AvgIpc) is 3.25. The zero-order valence-corrected chi connectivity index (χ0v) is 20.0. The third-order valence-electron chi connectivity index (χ3n) is 5.83. The zero-order valence-electron chi connectivity index (χ0n) is 16.9. The molecule has 1 aromatic heterocycles. The third kappa shape index (κ3) is 4.34. The summed E-state index contributed by atoms with van der Waals surface area (Å²) in [6.07, 6.45) is 3.44. The molecule has 5 nitrogen and oxygen atoms in total. The summed E-state index contributed by atoms with van der Waals surface area (Å²) in [6.45, 7) is 3.89. The summed E-state index contributed by atoms with van der Waals surface area (Å²) in [4.78, 5) is 14.3. The first-order chi connectivity index (χ1) is 14.3. The van der Waals surface area contributed by atoms with Gasteiger partial charge in [-0.3, -0.25) is 9.80 Å². The number of quaternary nitrogens is 1. The monoisotopic (exact) mass is 485 g/mol. The summed E-state index contributed by atoms with van der Waals surface area (Å²) in [6, 6.07) is 8.98. The van der Waals surface area contributed by atoms with Crippen molar-refractivity contribution in [2.75, 3.05) is 25.1 Å². The van der Waals surface area contributed by atoms with Crippen LogP contribution in [0.5, 0.6) is 0 Å². The highest BCUT2D eigenvalue weighted by molar-refractivity contribution is 7.16. The molecule has 2 aliphatic rings. The molecule has 0 aliphatic carbocycles. The van der Waals surface area contributed by atoms with Crippen molar-refractivity contribution in [3.8, 4) is 0 Å². The molecule has 9 heteroatoms. The van der Waals surface area contributed by atoms with Crippen LogP contribution in [-0.4, -0.2) is 36.3 Å². The van der Waals surface area contributed by atoms with Crippen LogP contribution in [0.15, 0.2) is 35.4 Å². The van der Waals surface area contributed by atoms with Crippen molar-refractivity contribution in [1.29, 1.82) is 0 Å². The second kappa shape index (κ2) is 8.67. The maximum atomic E-state index is 13.3. The molecule has 3 heterocycles. The van der Waals surface area contributed by atoms with Gasteiger partial charge >= 0.3 is 5.91 Å². The van der Waals surface area contributed by atoms with Crippen LogP contribution in [0, 0.1) is 5.92 Å². The second-order valence-corrected chi connectivity index (χ2v) is 10.7. The summed E-state index contributed by atoms with van der Waals surface area (Å²) in [5.74, 6) is -0.269. The molecule has 30 heavy (non-hydrogen) atoms. The van der Waals surface area contributed by atoms with E-state index in [4.69, 9.17) is 39.9 Å². The van der Waals surface area contributed by atoms with Gasteiger partial charge in [0.05, 0.1) is 28.1 Å². The van der Waals surface area contributed by atoms with Crippen LogP contribution >= 0.6 is 46.1 Å². The summed E-state index contributed by atoms with van der Waals surface area (Å²) in [7, 11) is 2.07. The molecular weight excluding hydrogens is 463 g/mol. The average molecular weight is 487 g/mol. The molecule has 2 aliphatic heterocycles. The Morgan fingerprint density at radius 2 is 1.90 bits per heavy atom. The highest BCUT2D eigenvalue weighted by atomic mass is 35.5. The number of benzene rings is 1. The van der Waals surface area contributed by atoms with Crippen LogP contribution in [0.2, 0.25) is 14.4 Å². The Hall–Kier alpha value is -1.31. The van der Waals surface area contributed by atoms with E-state index in [9.17, 15) is 4.79 Å². The van der Waals surface area contributed by atoms with Crippen LogP contribution < -0.4 is 10.4 Å². The Morgan fingerprint density at radius 1 is 1.17 bits per heavy atom. The number of rotatable bonds is 4. The molecule has 1 aromatic carbocycles. The van der Waals surface area contributed by atoms with Crippen molar-refractivity contribution in [3.05, 3.63) is 49.6 Å². The lowest BCUT2D eigenvalue weighted by Gasteiger charge is -2.36. The van der Waals surface area contributed by atoms with Crippen LogP contribution in [0.25, 0.3) is 0 Å². The molecule has 160 valence electrons. The van der Waals surface area contributed by atoms with Gasteiger partial charge in [-0.05, 0) is 49.6 Å². The number of amides is 1. The fourth-order valence-corrected chi connectivity index (χ4v) is 5.98. The summed E-state index contributed by atoms with van der Waals surface area (Å²) < 4.78 is 1.24. The van der Waals surface area contributed by atoms with E-state index in [0.717, 1.165) is 30.8 Å². The molecule has 0 radical (unpaired) electrons. The van der Waals surface area contributed by atoms with E-state index in [1.165, 1.54) is 17.8 Å². The normalized spacial score (nSPS) is 23.4. The minimum absolute atomic E-state index is 0.132. The van der Waals surface area contributed by atoms with Crippen molar-refractivity contribution in [3.63, 3.8) is 0 Å². The smallest absolute Gasteiger partial charge is 0.263 e. The Kier molecular flexibility index (Phi) is 6.33.